The highest BCUT2D eigenvalue weighted by Crippen LogP contribution is 2.64. The number of carbonyl (C=O) groups excluding carboxylic acids is 2. The first-order valence-corrected chi connectivity index (χ1v) is 24.1. The molecule has 3 atom stereocenters. The summed E-state index contributed by atoms with van der Waals surface area (Å²) in [4.78, 5) is 61.1. The molecular formula is C43H60N2O14P2. The normalized spacial score (nSPS) is 16.0. The summed E-state index contributed by atoms with van der Waals surface area (Å²) in [5.74, 6) is -0.0833. The summed E-state index contributed by atoms with van der Waals surface area (Å²) >= 11 is 0. The number of esters is 2. The average Bonchev–Trinajstić information content (AvgIpc) is 3.70. The first-order chi connectivity index (χ1) is 29.4. The van der Waals surface area contributed by atoms with Crippen LogP contribution in [0.3, 0.4) is 0 Å². The van der Waals surface area contributed by atoms with Gasteiger partial charge in [-0.25, -0.2) is 13.9 Å². The second-order valence-electron chi connectivity index (χ2n) is 14.8. The number of H-pyrrole nitrogens is 1. The number of hydrogen-bond donors (Lipinski definition) is 2. The molecule has 1 aliphatic rings. The molecule has 0 radical (unpaired) electrons. The van der Waals surface area contributed by atoms with Crippen LogP contribution in [0.15, 0.2) is 82.5 Å². The zero-order valence-electron chi connectivity index (χ0n) is 35.1. The number of phosphoric acid groups is 2. The molecule has 0 saturated heterocycles. The van der Waals surface area contributed by atoms with E-state index in [2.05, 4.69) is 18.8 Å². The van der Waals surface area contributed by atoms with Crippen LogP contribution in [0.25, 0.3) is 0 Å². The lowest BCUT2D eigenvalue weighted by atomic mass is 10.1. The van der Waals surface area contributed by atoms with Crippen LogP contribution in [0.5, 0.6) is 11.5 Å². The molecule has 336 valence electrons. The van der Waals surface area contributed by atoms with E-state index in [4.69, 9.17) is 32.1 Å². The minimum absolute atomic E-state index is 0.297. The van der Waals surface area contributed by atoms with E-state index in [0.717, 1.165) is 62.0 Å². The molecule has 1 aliphatic heterocycles. The standard InChI is InChI=1S/C43H60N2O14P2/c1-3-5-7-9-11-13-15-17-41(47)57-36-23-19-34(20-24-36)31-54-61(52,55-32-35-21-25-37(26-22-35)58-42(48)18-16-14-12-10-8-6-4-2)59-60(50,51)53-33-38-27-28-40(56-38)45-30-29-39(46)44-43(45)49/h19-30,38,40H,3-18,31-33H2,1-2H3,(H,50,51)(H,44,46,49)/t38-,40+/m0/s1. The third-order valence-corrected chi connectivity index (χ3v) is 12.6. The summed E-state index contributed by atoms with van der Waals surface area (Å²) < 4.78 is 66.0. The van der Waals surface area contributed by atoms with Crippen molar-refractivity contribution in [3.8, 4) is 11.5 Å². The number of aromatic amines is 1. The summed E-state index contributed by atoms with van der Waals surface area (Å²) in [6, 6.07) is 13.6. The predicted molar refractivity (Wildman–Crippen MR) is 228 cm³/mol. The zero-order valence-corrected chi connectivity index (χ0v) is 36.9. The second kappa shape index (κ2) is 26.5. The van der Waals surface area contributed by atoms with Gasteiger partial charge in [-0.05, 0) is 54.3 Å². The monoisotopic (exact) mass is 890 g/mol. The molecule has 0 saturated carbocycles. The van der Waals surface area contributed by atoms with Gasteiger partial charge in [-0.3, -0.25) is 37.5 Å². The van der Waals surface area contributed by atoms with E-state index in [1.54, 1.807) is 48.5 Å². The number of hydrogen-bond acceptors (Lipinski definition) is 13. The Bertz CT molecular complexity index is 1950. The lowest BCUT2D eigenvalue weighted by molar-refractivity contribution is -0.135. The minimum Gasteiger partial charge on any atom is -0.427 e. The Kier molecular flexibility index (Phi) is 21.6. The van der Waals surface area contributed by atoms with Crippen molar-refractivity contribution in [3.63, 3.8) is 0 Å². The fourth-order valence-electron chi connectivity index (χ4n) is 6.20. The number of phosphoric ester groups is 2. The van der Waals surface area contributed by atoms with Crippen molar-refractivity contribution in [3.05, 3.63) is 105 Å². The fourth-order valence-corrected chi connectivity index (χ4v) is 8.80. The maximum atomic E-state index is 14.0. The van der Waals surface area contributed by atoms with E-state index < -0.39 is 59.0 Å². The van der Waals surface area contributed by atoms with E-state index in [1.165, 1.54) is 56.9 Å². The van der Waals surface area contributed by atoms with E-state index in [1.807, 2.05) is 0 Å². The smallest absolute Gasteiger partial charge is 0.427 e. The maximum Gasteiger partial charge on any atom is 0.484 e. The zero-order chi connectivity index (χ0) is 43.9. The molecular weight excluding hydrogens is 830 g/mol. The van der Waals surface area contributed by atoms with Crippen LogP contribution in [0, 0.1) is 0 Å². The molecule has 0 aliphatic carbocycles. The summed E-state index contributed by atoms with van der Waals surface area (Å²) in [7, 11) is -10.0. The van der Waals surface area contributed by atoms with E-state index in [0.29, 0.717) is 35.5 Å². The van der Waals surface area contributed by atoms with Crippen molar-refractivity contribution in [1.82, 2.24) is 9.55 Å². The number of benzene rings is 2. The minimum atomic E-state index is -5.16. The summed E-state index contributed by atoms with van der Waals surface area (Å²) in [5, 5.41) is 0. The Morgan fingerprint density at radius 2 is 1.15 bits per heavy atom. The number of rotatable bonds is 30. The molecule has 0 spiro atoms. The Hall–Kier alpha value is -3.98. The Balaban J connectivity index is 1.32. The van der Waals surface area contributed by atoms with Crippen molar-refractivity contribution in [2.24, 2.45) is 0 Å². The van der Waals surface area contributed by atoms with Crippen molar-refractivity contribution in [1.29, 1.82) is 0 Å². The third kappa shape index (κ3) is 19.3. The molecule has 1 aromatic heterocycles. The summed E-state index contributed by atoms with van der Waals surface area (Å²) in [6.07, 6.45) is 18.0. The van der Waals surface area contributed by atoms with E-state index >= 15 is 0 Å². The van der Waals surface area contributed by atoms with E-state index in [9.17, 15) is 33.2 Å². The lowest BCUT2D eigenvalue weighted by Crippen LogP contribution is -2.32. The highest BCUT2D eigenvalue weighted by atomic mass is 31.3. The topological polar surface area (TPSA) is 208 Å². The first-order valence-electron chi connectivity index (χ1n) is 21.2. The number of unbranched alkanes of at least 4 members (excludes halogenated alkanes) is 12. The molecule has 4 rings (SSSR count). The fraction of sp³-hybridized carbons (Fsp3) is 0.535. The van der Waals surface area contributed by atoms with Crippen LogP contribution >= 0.6 is 15.6 Å². The largest absolute Gasteiger partial charge is 0.484 e. The van der Waals surface area contributed by atoms with Crippen LogP contribution in [-0.4, -0.2) is 39.1 Å². The van der Waals surface area contributed by atoms with Crippen LogP contribution < -0.4 is 20.7 Å². The van der Waals surface area contributed by atoms with Crippen LogP contribution in [0.2, 0.25) is 0 Å². The molecule has 0 bridgehead atoms. The quantitative estimate of drug-likeness (QED) is 0.0210. The number of nitrogens with zero attached hydrogens (tertiary/aromatic N) is 1. The van der Waals surface area contributed by atoms with Gasteiger partial charge in [0, 0.05) is 25.1 Å². The average molecular weight is 891 g/mol. The molecule has 18 heteroatoms. The number of carbonyl (C=O) groups is 2. The molecule has 61 heavy (non-hydrogen) atoms. The maximum absolute atomic E-state index is 14.0. The van der Waals surface area contributed by atoms with Gasteiger partial charge >= 0.3 is 33.3 Å². The van der Waals surface area contributed by atoms with Gasteiger partial charge in [0.2, 0.25) is 0 Å². The highest BCUT2D eigenvalue weighted by molar-refractivity contribution is 7.61. The predicted octanol–water partition coefficient (Wildman–Crippen LogP) is 9.76. The first kappa shape index (κ1) is 49.7. The number of ether oxygens (including phenoxy) is 3. The van der Waals surface area contributed by atoms with Gasteiger partial charge in [0.05, 0.1) is 19.8 Å². The van der Waals surface area contributed by atoms with Gasteiger partial charge in [-0.1, -0.05) is 121 Å². The van der Waals surface area contributed by atoms with Gasteiger partial charge in [0.15, 0.2) is 6.23 Å². The summed E-state index contributed by atoms with van der Waals surface area (Å²) in [6.45, 7) is 2.97. The van der Waals surface area contributed by atoms with Crippen LogP contribution in [-0.2, 0) is 54.6 Å². The molecule has 0 fully saturated rings. The second-order valence-corrected chi connectivity index (χ2v) is 18.0. The molecule has 2 heterocycles. The molecule has 3 aromatic rings. The van der Waals surface area contributed by atoms with Gasteiger partial charge in [-0.15, -0.1) is 0 Å². The van der Waals surface area contributed by atoms with E-state index in [-0.39, 0.29) is 11.9 Å². The lowest BCUT2D eigenvalue weighted by Gasteiger charge is -2.22. The van der Waals surface area contributed by atoms with Crippen molar-refractivity contribution in [2.75, 3.05) is 6.61 Å². The molecule has 16 nitrogen and oxygen atoms in total. The number of aromatic nitrogens is 2. The summed E-state index contributed by atoms with van der Waals surface area (Å²) in [5.41, 5.74) is -0.416. The Morgan fingerprint density at radius 1 is 0.672 bits per heavy atom. The van der Waals surface area contributed by atoms with Crippen molar-refractivity contribution < 1.29 is 55.7 Å². The third-order valence-electron chi connectivity index (χ3n) is 9.59. The van der Waals surface area contributed by atoms with Gasteiger partial charge < -0.3 is 19.1 Å². The van der Waals surface area contributed by atoms with Gasteiger partial charge in [-0.2, -0.15) is 4.31 Å². The van der Waals surface area contributed by atoms with Crippen molar-refractivity contribution >= 4 is 27.6 Å². The molecule has 0 amide bonds. The molecule has 2 N–H and O–H groups in total. The van der Waals surface area contributed by atoms with Gasteiger partial charge in [0.25, 0.3) is 5.56 Å². The number of nitrogens with one attached hydrogen (secondary N) is 1. The molecule has 2 aromatic carbocycles. The SMILES string of the molecule is CCCCCCCCCC(=O)Oc1ccc(COP(=O)(OCc2ccc(OC(=O)CCCCCCCCC)cc2)OP(=O)(O)OC[C@@H]2C=C[C@H](n3ccc(=O)[nH]c3=O)O2)cc1. The van der Waals surface area contributed by atoms with Crippen molar-refractivity contribution in [2.45, 2.75) is 142 Å². The van der Waals surface area contributed by atoms with Gasteiger partial charge in [0.1, 0.15) is 17.6 Å². The molecule has 1 unspecified atom stereocenters. The van der Waals surface area contributed by atoms with Crippen LogP contribution in [0.4, 0.5) is 0 Å². The highest BCUT2D eigenvalue weighted by Gasteiger charge is 2.39. The van der Waals surface area contributed by atoms with Crippen LogP contribution in [0.1, 0.15) is 134 Å². The Morgan fingerprint density at radius 3 is 1.62 bits per heavy atom. The Labute approximate surface area is 357 Å².